The predicted octanol–water partition coefficient (Wildman–Crippen LogP) is -11.8. The third kappa shape index (κ3) is 5.74. The van der Waals surface area contributed by atoms with Crippen LogP contribution in [-0.4, -0.2) is 110 Å². The quantitative estimate of drug-likeness (QED) is 0.129. The summed E-state index contributed by atoms with van der Waals surface area (Å²) in [6, 6.07) is 31.7. The van der Waals surface area contributed by atoms with Gasteiger partial charge >= 0.3 is 0 Å². The van der Waals surface area contributed by atoms with E-state index in [9.17, 15) is 0 Å². The molecule has 0 aliphatic rings. The molecule has 0 fully saturated rings. The van der Waals surface area contributed by atoms with Gasteiger partial charge in [-0.1, -0.05) is 104 Å². The van der Waals surface area contributed by atoms with E-state index >= 15 is 0 Å². The van der Waals surface area contributed by atoms with Crippen molar-refractivity contribution in [1.29, 1.82) is 0 Å². The van der Waals surface area contributed by atoms with Crippen LogP contribution in [0.4, 0.5) is 0 Å². The number of hydrogen-bond acceptors (Lipinski definition) is 1. The van der Waals surface area contributed by atoms with Gasteiger partial charge < -0.3 is 4.42 Å². The topological polar surface area (TPSA) is 13.1 Å². The fourth-order valence-corrected chi connectivity index (χ4v) is 10.7. The summed E-state index contributed by atoms with van der Waals surface area (Å²) in [7, 11) is 32.2. The predicted molar refractivity (Wildman–Crippen MR) is 305 cm³/mol. The fraction of sp³-hybridized carbons (Fsp3) is 0. The Hall–Kier alpha value is -5.01. The van der Waals surface area contributed by atoms with Gasteiger partial charge in [-0.05, 0) is 90.3 Å². The van der Waals surface area contributed by atoms with E-state index in [1.165, 1.54) is 143 Å². The highest BCUT2D eigenvalue weighted by atomic mass is 16.3. The Morgan fingerprint density at radius 2 is 0.576 bits per heavy atom. The van der Waals surface area contributed by atoms with Crippen molar-refractivity contribution in [1.82, 2.24) is 0 Å². The summed E-state index contributed by atoms with van der Waals surface area (Å²) >= 11 is 0. The standard InChI is InChI=1S/C44H42B14O/c45-31-26(32(46)40(54)43(57)39(31)53)15-10-12-23-22(13-15)17-11-9-16(14-24(17)59-23)25-18-5-1-3-7-20(18)27(21-8-4-2-6-19(21)25)28-33(47)35(49)29(36(50)34(28)48)30-37(51)41(55)44(58)42(56)38(30)52/h1-14H,45-58H2. The van der Waals surface area contributed by atoms with Crippen molar-refractivity contribution in [2.75, 3.05) is 0 Å². The Bertz CT molecular complexity index is 3190. The van der Waals surface area contributed by atoms with E-state index in [0.29, 0.717) is 0 Å². The van der Waals surface area contributed by atoms with Crippen molar-refractivity contribution in [3.63, 3.8) is 0 Å². The second-order valence-corrected chi connectivity index (χ2v) is 17.6. The van der Waals surface area contributed by atoms with Crippen LogP contribution >= 0.6 is 0 Å². The lowest BCUT2D eigenvalue weighted by molar-refractivity contribution is 0.669. The minimum Gasteiger partial charge on any atom is -0.456 e. The molecule has 266 valence electrons. The number of furan rings is 1. The zero-order valence-electron chi connectivity index (χ0n) is 37.5. The monoisotopic (exact) mass is 740 g/mol. The molecule has 0 saturated heterocycles. The van der Waals surface area contributed by atoms with E-state index < -0.39 is 0 Å². The maximum absolute atomic E-state index is 6.69. The molecule has 0 bridgehead atoms. The van der Waals surface area contributed by atoms with Crippen LogP contribution in [0, 0.1) is 0 Å². The van der Waals surface area contributed by atoms with Crippen LogP contribution in [0.1, 0.15) is 0 Å². The lowest BCUT2D eigenvalue weighted by atomic mass is 9.56. The third-order valence-corrected chi connectivity index (χ3v) is 15.1. The highest BCUT2D eigenvalue weighted by Gasteiger charge is 2.25. The molecule has 0 atom stereocenters. The van der Waals surface area contributed by atoms with Gasteiger partial charge in [0.05, 0.1) is 0 Å². The first-order valence-corrected chi connectivity index (χ1v) is 21.3. The average Bonchev–Trinajstić information content (AvgIpc) is 3.61. The van der Waals surface area contributed by atoms with E-state index in [1.807, 2.05) is 0 Å². The van der Waals surface area contributed by atoms with Crippen LogP contribution in [0.3, 0.4) is 0 Å². The molecule has 59 heavy (non-hydrogen) atoms. The van der Waals surface area contributed by atoms with Crippen LogP contribution in [0.2, 0.25) is 0 Å². The molecule has 0 spiro atoms. The first-order valence-electron chi connectivity index (χ1n) is 21.3. The van der Waals surface area contributed by atoms with Gasteiger partial charge in [-0.25, -0.2) is 0 Å². The van der Waals surface area contributed by atoms with Crippen molar-refractivity contribution in [3.05, 3.63) is 84.9 Å². The maximum atomic E-state index is 6.69. The molecule has 15 heteroatoms. The molecular formula is C44H42B14O. The normalized spacial score (nSPS) is 11.7. The fourth-order valence-electron chi connectivity index (χ4n) is 10.7. The largest absolute Gasteiger partial charge is 0.456 e. The van der Waals surface area contributed by atoms with Gasteiger partial charge in [0.15, 0.2) is 0 Å². The SMILES string of the molecule is Bc1c(B)c(B)c(-c2ccc3oc4cc(-c5c6ccccc6c(-c6c(B)c(B)c(-c7c(B)c(B)c(B)c(B)c7B)c(B)c6B)c6ccccc56)ccc4c3c2)c(B)c1B. The van der Waals surface area contributed by atoms with Crippen molar-refractivity contribution in [2.24, 2.45) is 0 Å². The molecule has 1 nitrogen and oxygen atoms in total. The molecule has 0 radical (unpaired) electrons. The van der Waals surface area contributed by atoms with Gasteiger partial charge in [-0.15, -0.1) is 32.8 Å². The van der Waals surface area contributed by atoms with E-state index in [-0.39, 0.29) is 0 Å². The molecule has 0 saturated carbocycles. The summed E-state index contributed by atoms with van der Waals surface area (Å²) in [4.78, 5) is 0. The molecule has 0 aliphatic carbocycles. The molecule has 1 aromatic heterocycles. The molecule has 9 aromatic rings. The summed E-state index contributed by atoms with van der Waals surface area (Å²) in [5.41, 5.74) is 31.6. The number of hydrogen-bond donors (Lipinski definition) is 0. The van der Waals surface area contributed by atoms with E-state index in [1.54, 1.807) is 0 Å². The van der Waals surface area contributed by atoms with E-state index in [2.05, 4.69) is 195 Å². The first kappa shape index (κ1) is 39.5. The lowest BCUT2D eigenvalue weighted by Crippen LogP contribution is -2.57. The minimum atomic E-state index is 0.914. The smallest absolute Gasteiger partial charge is 0.139 e. The van der Waals surface area contributed by atoms with Crippen molar-refractivity contribution < 1.29 is 4.42 Å². The van der Waals surface area contributed by atoms with Crippen molar-refractivity contribution >= 4 is 230 Å². The summed E-state index contributed by atoms with van der Waals surface area (Å²) in [5, 5.41) is 7.36. The van der Waals surface area contributed by atoms with Gasteiger partial charge in [0.2, 0.25) is 0 Å². The summed E-state index contributed by atoms with van der Waals surface area (Å²) in [6.07, 6.45) is 0. The van der Waals surface area contributed by atoms with E-state index in [0.717, 1.165) is 21.9 Å². The van der Waals surface area contributed by atoms with Gasteiger partial charge in [0.1, 0.15) is 121 Å². The van der Waals surface area contributed by atoms with Gasteiger partial charge in [-0.3, -0.25) is 0 Å². The molecule has 8 aromatic carbocycles. The second-order valence-electron chi connectivity index (χ2n) is 17.6. The number of benzene rings is 8. The van der Waals surface area contributed by atoms with Crippen molar-refractivity contribution in [2.45, 2.75) is 0 Å². The molecule has 0 N–H and O–H groups in total. The Balaban J connectivity index is 1.27. The lowest BCUT2D eigenvalue weighted by Gasteiger charge is -2.28. The second kappa shape index (κ2) is 14.3. The highest BCUT2D eigenvalue weighted by molar-refractivity contribution is 6.71. The van der Waals surface area contributed by atoms with E-state index in [4.69, 9.17) is 4.42 Å². The van der Waals surface area contributed by atoms with Crippen LogP contribution in [0.25, 0.3) is 88.0 Å². The minimum absolute atomic E-state index is 0.914. The third-order valence-electron chi connectivity index (χ3n) is 15.1. The van der Waals surface area contributed by atoms with Crippen LogP contribution in [-0.2, 0) is 0 Å². The Labute approximate surface area is 361 Å². The highest BCUT2D eigenvalue weighted by Crippen LogP contribution is 2.44. The summed E-state index contributed by atoms with van der Waals surface area (Å²) in [6.45, 7) is 0. The Morgan fingerprint density at radius 3 is 1.03 bits per heavy atom. The number of fused-ring (bicyclic) bond motifs is 5. The Kier molecular flexibility index (Phi) is 9.58. The van der Waals surface area contributed by atoms with Crippen LogP contribution in [0.15, 0.2) is 89.3 Å². The van der Waals surface area contributed by atoms with Gasteiger partial charge in [0.25, 0.3) is 0 Å². The molecular weight excluding hydrogens is 696 g/mol. The zero-order chi connectivity index (χ0) is 41.9. The van der Waals surface area contributed by atoms with Gasteiger partial charge in [-0.2, -0.15) is 0 Å². The molecule has 1 heterocycles. The maximum Gasteiger partial charge on any atom is 0.139 e. The molecule has 0 aliphatic heterocycles. The average molecular weight is 738 g/mol. The Morgan fingerprint density at radius 1 is 0.237 bits per heavy atom. The summed E-state index contributed by atoms with van der Waals surface area (Å²) in [5.74, 6) is 0. The zero-order valence-corrected chi connectivity index (χ0v) is 37.5. The van der Waals surface area contributed by atoms with Gasteiger partial charge in [0, 0.05) is 10.8 Å². The summed E-state index contributed by atoms with van der Waals surface area (Å²) < 4.78 is 6.69. The van der Waals surface area contributed by atoms with Crippen molar-refractivity contribution in [3.8, 4) is 44.5 Å². The van der Waals surface area contributed by atoms with Crippen LogP contribution < -0.4 is 76.5 Å². The molecule has 0 amide bonds. The molecule has 0 unspecified atom stereocenters. The van der Waals surface area contributed by atoms with Crippen LogP contribution in [0.5, 0.6) is 0 Å². The molecule has 9 rings (SSSR count). The number of rotatable bonds is 4. The first-order chi connectivity index (χ1) is 28.1.